The number of hydrogen-bond donors (Lipinski definition) is 0. The fourth-order valence-corrected chi connectivity index (χ4v) is 3.13. The van der Waals surface area contributed by atoms with Gasteiger partial charge >= 0.3 is 5.97 Å². The minimum Gasteiger partial charge on any atom is -0.465 e. The number of methoxy groups -OCH3 is 1. The van der Waals surface area contributed by atoms with Crippen molar-refractivity contribution in [1.29, 1.82) is 0 Å². The molecule has 2 rings (SSSR count). The first kappa shape index (κ1) is 16.3. The molecule has 22 heavy (non-hydrogen) atoms. The molecule has 0 aliphatic carbocycles. The molecule has 1 heterocycles. The van der Waals surface area contributed by atoms with Gasteiger partial charge in [-0.05, 0) is 49.4 Å². The number of esters is 1. The molecule has 116 valence electrons. The number of hydrogen-bond acceptors (Lipinski definition) is 5. The van der Waals surface area contributed by atoms with Crippen molar-refractivity contribution in [2.24, 2.45) is 4.99 Å². The van der Waals surface area contributed by atoms with Crippen LogP contribution in [0.2, 0.25) is 0 Å². The molecule has 1 aromatic rings. The zero-order valence-electron chi connectivity index (χ0n) is 12.8. The Morgan fingerprint density at radius 1 is 1.32 bits per heavy atom. The van der Waals surface area contributed by atoms with Crippen LogP contribution in [0.1, 0.15) is 29.8 Å². The molecule has 0 aromatic heterocycles. The van der Waals surface area contributed by atoms with E-state index in [1.54, 1.807) is 29.2 Å². The molecule has 0 atom stereocenters. The molecule has 1 aliphatic heterocycles. The quantitative estimate of drug-likeness (QED) is 0.633. The highest BCUT2D eigenvalue weighted by molar-refractivity contribution is 8.18. The van der Waals surface area contributed by atoms with E-state index in [4.69, 9.17) is 0 Å². The fraction of sp³-hybridized carbons (Fsp3) is 0.312. The Bertz CT molecular complexity index is 635. The summed E-state index contributed by atoms with van der Waals surface area (Å²) in [4.78, 5) is 30.4. The SMILES string of the molecule is CCN=C1S/C(=C\c2ccc(C(=O)OC)cc2)C(=O)N1CC. The highest BCUT2D eigenvalue weighted by Crippen LogP contribution is 2.32. The Labute approximate surface area is 134 Å². The summed E-state index contributed by atoms with van der Waals surface area (Å²) in [5, 5.41) is 0.743. The predicted molar refractivity (Wildman–Crippen MR) is 88.7 cm³/mol. The molecule has 1 aliphatic rings. The molecule has 1 fully saturated rings. The van der Waals surface area contributed by atoms with Gasteiger partial charge in [0.25, 0.3) is 5.91 Å². The number of likely N-dealkylation sites (N-methyl/N-ethyl adjacent to an activating group) is 1. The third-order valence-corrected chi connectivity index (χ3v) is 4.17. The average Bonchev–Trinajstić information content (AvgIpc) is 2.83. The molecule has 0 saturated carbocycles. The van der Waals surface area contributed by atoms with Gasteiger partial charge in [0, 0.05) is 13.1 Å². The monoisotopic (exact) mass is 318 g/mol. The lowest BCUT2D eigenvalue weighted by Gasteiger charge is -2.11. The van der Waals surface area contributed by atoms with Crippen molar-refractivity contribution in [2.45, 2.75) is 13.8 Å². The summed E-state index contributed by atoms with van der Waals surface area (Å²) >= 11 is 1.38. The molecule has 0 N–H and O–H groups in total. The minimum atomic E-state index is -0.375. The van der Waals surface area contributed by atoms with Crippen molar-refractivity contribution >= 4 is 34.9 Å². The number of thioether (sulfide) groups is 1. The maximum absolute atomic E-state index is 12.3. The van der Waals surface area contributed by atoms with E-state index in [-0.39, 0.29) is 11.9 Å². The van der Waals surface area contributed by atoms with Crippen LogP contribution >= 0.6 is 11.8 Å². The van der Waals surface area contributed by atoms with Crippen LogP contribution in [0, 0.1) is 0 Å². The number of aliphatic imine (C=N–C) groups is 1. The molecule has 0 unspecified atom stereocenters. The van der Waals surface area contributed by atoms with Gasteiger partial charge in [-0.1, -0.05) is 12.1 Å². The summed E-state index contributed by atoms with van der Waals surface area (Å²) < 4.78 is 4.66. The topological polar surface area (TPSA) is 59.0 Å². The molecule has 1 aromatic carbocycles. The maximum Gasteiger partial charge on any atom is 0.337 e. The second kappa shape index (κ2) is 7.26. The van der Waals surface area contributed by atoms with E-state index in [0.29, 0.717) is 23.6 Å². The first-order valence-corrected chi connectivity index (χ1v) is 7.86. The van der Waals surface area contributed by atoms with E-state index >= 15 is 0 Å². The van der Waals surface area contributed by atoms with Gasteiger partial charge in [-0.25, -0.2) is 4.79 Å². The number of carbonyl (C=O) groups excluding carboxylic acids is 2. The van der Waals surface area contributed by atoms with Crippen molar-refractivity contribution in [2.75, 3.05) is 20.2 Å². The van der Waals surface area contributed by atoms with Gasteiger partial charge in [0.15, 0.2) is 5.17 Å². The van der Waals surface area contributed by atoms with Gasteiger partial charge in [0.2, 0.25) is 0 Å². The highest BCUT2D eigenvalue weighted by Gasteiger charge is 2.31. The van der Waals surface area contributed by atoms with Crippen molar-refractivity contribution < 1.29 is 14.3 Å². The Kier molecular flexibility index (Phi) is 5.38. The first-order valence-electron chi connectivity index (χ1n) is 7.05. The third-order valence-electron chi connectivity index (χ3n) is 3.13. The van der Waals surface area contributed by atoms with Crippen LogP contribution in [-0.4, -0.2) is 42.1 Å². The lowest BCUT2D eigenvalue weighted by Crippen LogP contribution is -2.28. The number of carbonyl (C=O) groups is 2. The summed E-state index contributed by atoms with van der Waals surface area (Å²) in [6.07, 6.45) is 1.81. The van der Waals surface area contributed by atoms with Crippen LogP contribution in [0.25, 0.3) is 6.08 Å². The minimum absolute atomic E-state index is 0.0308. The Balaban J connectivity index is 2.24. The number of nitrogens with zero attached hydrogens (tertiary/aromatic N) is 2. The van der Waals surface area contributed by atoms with E-state index in [1.807, 2.05) is 19.9 Å². The molecule has 1 amide bonds. The van der Waals surface area contributed by atoms with Gasteiger partial charge in [-0.15, -0.1) is 0 Å². The number of benzene rings is 1. The van der Waals surface area contributed by atoms with Crippen molar-refractivity contribution in [1.82, 2.24) is 4.90 Å². The van der Waals surface area contributed by atoms with Crippen LogP contribution in [0.5, 0.6) is 0 Å². The average molecular weight is 318 g/mol. The molecular formula is C16H18N2O3S. The zero-order valence-corrected chi connectivity index (χ0v) is 13.6. The van der Waals surface area contributed by atoms with E-state index < -0.39 is 0 Å². The molecule has 0 radical (unpaired) electrons. The standard InChI is InChI=1S/C16H18N2O3S/c1-4-17-16-18(5-2)14(19)13(22-16)10-11-6-8-12(9-7-11)15(20)21-3/h6-10H,4-5H2,1-3H3/b13-10-,17-16?. The number of ether oxygens (including phenoxy) is 1. The van der Waals surface area contributed by atoms with Crippen LogP contribution in [0.15, 0.2) is 34.2 Å². The highest BCUT2D eigenvalue weighted by atomic mass is 32.2. The Morgan fingerprint density at radius 3 is 2.55 bits per heavy atom. The van der Waals surface area contributed by atoms with Crippen LogP contribution in [0.4, 0.5) is 0 Å². The number of amides is 1. The largest absolute Gasteiger partial charge is 0.465 e. The van der Waals surface area contributed by atoms with Crippen molar-refractivity contribution in [3.63, 3.8) is 0 Å². The van der Waals surface area contributed by atoms with Crippen molar-refractivity contribution in [3.8, 4) is 0 Å². The van der Waals surface area contributed by atoms with Gasteiger partial charge in [0.1, 0.15) is 0 Å². The summed E-state index contributed by atoms with van der Waals surface area (Å²) in [7, 11) is 1.35. The Hall–Kier alpha value is -2.08. The smallest absolute Gasteiger partial charge is 0.337 e. The molecule has 0 spiro atoms. The second-order valence-corrected chi connectivity index (χ2v) is 5.54. The lowest BCUT2D eigenvalue weighted by molar-refractivity contribution is -0.122. The van der Waals surface area contributed by atoms with Crippen LogP contribution in [0.3, 0.4) is 0 Å². The summed E-state index contributed by atoms with van der Waals surface area (Å²) in [5.74, 6) is -0.406. The summed E-state index contributed by atoms with van der Waals surface area (Å²) in [6.45, 7) is 5.12. The molecule has 0 bridgehead atoms. The number of rotatable bonds is 4. The van der Waals surface area contributed by atoms with Gasteiger partial charge in [-0.2, -0.15) is 0 Å². The Morgan fingerprint density at radius 2 is 2.00 bits per heavy atom. The maximum atomic E-state index is 12.3. The lowest BCUT2D eigenvalue weighted by atomic mass is 10.1. The van der Waals surface area contributed by atoms with E-state index in [0.717, 1.165) is 10.7 Å². The predicted octanol–water partition coefficient (Wildman–Crippen LogP) is 2.79. The summed E-state index contributed by atoms with van der Waals surface area (Å²) in [5.41, 5.74) is 1.34. The molecule has 6 heteroatoms. The molecule has 5 nitrogen and oxygen atoms in total. The first-order chi connectivity index (χ1) is 10.6. The van der Waals surface area contributed by atoms with Crippen LogP contribution < -0.4 is 0 Å². The fourth-order valence-electron chi connectivity index (χ4n) is 2.02. The normalized spacial score (nSPS) is 18.3. The molecule has 1 saturated heterocycles. The van der Waals surface area contributed by atoms with Crippen LogP contribution in [-0.2, 0) is 9.53 Å². The van der Waals surface area contributed by atoms with Gasteiger partial charge < -0.3 is 4.74 Å². The van der Waals surface area contributed by atoms with E-state index in [1.165, 1.54) is 18.9 Å². The zero-order chi connectivity index (χ0) is 16.1. The van der Waals surface area contributed by atoms with E-state index in [2.05, 4.69) is 9.73 Å². The molecular weight excluding hydrogens is 300 g/mol. The van der Waals surface area contributed by atoms with Gasteiger partial charge in [0.05, 0.1) is 17.6 Å². The van der Waals surface area contributed by atoms with Gasteiger partial charge in [-0.3, -0.25) is 14.7 Å². The van der Waals surface area contributed by atoms with E-state index in [9.17, 15) is 9.59 Å². The van der Waals surface area contributed by atoms with Crippen molar-refractivity contribution in [3.05, 3.63) is 40.3 Å². The number of amidine groups is 1. The summed E-state index contributed by atoms with van der Waals surface area (Å²) in [6, 6.07) is 6.94. The third kappa shape index (κ3) is 3.39. The second-order valence-electron chi connectivity index (χ2n) is 4.53.